The number of benzene rings is 1. The molecular weight excluding hydrogens is 324 g/mol. The Morgan fingerprint density at radius 2 is 1.77 bits per heavy atom. The van der Waals surface area contributed by atoms with Gasteiger partial charge in [-0.05, 0) is 62.5 Å². The van der Waals surface area contributed by atoms with Crippen molar-refractivity contribution in [2.24, 2.45) is 0 Å². The largest absolute Gasteiger partial charge is 0.333 e. The van der Waals surface area contributed by atoms with Crippen LogP contribution in [0.5, 0.6) is 0 Å². The lowest BCUT2D eigenvalue weighted by atomic mass is 9.99. The van der Waals surface area contributed by atoms with Crippen LogP contribution < -0.4 is 5.32 Å². The highest BCUT2D eigenvalue weighted by Gasteiger charge is 2.38. The van der Waals surface area contributed by atoms with E-state index in [1.807, 2.05) is 30.3 Å². The minimum atomic E-state index is 0.140. The second kappa shape index (κ2) is 7.27. The molecule has 1 aromatic carbocycles. The molecule has 1 saturated carbocycles. The average molecular weight is 346 g/mol. The molecule has 0 radical (unpaired) electrons. The van der Waals surface area contributed by atoms with Crippen molar-refractivity contribution in [3.63, 3.8) is 0 Å². The number of pyridine rings is 1. The molecule has 2 aromatic rings. The number of hydrogen-bond donors (Lipinski definition) is 1. The summed E-state index contributed by atoms with van der Waals surface area (Å²) in [6, 6.07) is 12.4. The minimum Gasteiger partial charge on any atom is -0.333 e. The Labute approximate surface area is 153 Å². The van der Waals surface area contributed by atoms with Gasteiger partial charge in [-0.2, -0.15) is 5.26 Å². The molecule has 1 aliphatic carbocycles. The molecule has 5 heteroatoms. The van der Waals surface area contributed by atoms with Crippen molar-refractivity contribution < 1.29 is 4.79 Å². The van der Waals surface area contributed by atoms with Crippen LogP contribution in [-0.2, 0) is 0 Å². The van der Waals surface area contributed by atoms with E-state index >= 15 is 0 Å². The van der Waals surface area contributed by atoms with E-state index in [9.17, 15) is 10.1 Å². The number of carbonyl (C=O) groups excluding carboxylic acids is 1. The molecule has 2 fully saturated rings. The molecule has 0 atom stereocenters. The number of carbonyl (C=O) groups is 1. The van der Waals surface area contributed by atoms with Crippen molar-refractivity contribution in [1.82, 2.24) is 15.2 Å². The SMILES string of the molecule is N#Cc1cnccc1-c1ccc(C(=O)N(C2CCNCC2)C2CC2)cc1. The second-order valence-corrected chi connectivity index (χ2v) is 7.04. The topological polar surface area (TPSA) is 69.0 Å². The lowest BCUT2D eigenvalue weighted by molar-refractivity contribution is 0.0623. The summed E-state index contributed by atoms with van der Waals surface area (Å²) < 4.78 is 0. The fraction of sp³-hybridized carbons (Fsp3) is 0.381. The third kappa shape index (κ3) is 3.33. The summed E-state index contributed by atoms with van der Waals surface area (Å²) in [6.07, 6.45) is 7.56. The van der Waals surface area contributed by atoms with Gasteiger partial charge in [0.05, 0.1) is 5.56 Å². The lowest BCUT2D eigenvalue weighted by Crippen LogP contribution is -2.47. The third-order valence-electron chi connectivity index (χ3n) is 5.26. The summed E-state index contributed by atoms with van der Waals surface area (Å²) in [5.41, 5.74) is 3.05. The van der Waals surface area contributed by atoms with Crippen LogP contribution in [-0.4, -0.2) is 41.0 Å². The average Bonchev–Trinajstić information content (AvgIpc) is 3.54. The van der Waals surface area contributed by atoms with Gasteiger partial charge in [-0.3, -0.25) is 9.78 Å². The number of nitriles is 1. The Kier molecular flexibility index (Phi) is 4.68. The highest BCUT2D eigenvalue weighted by Crippen LogP contribution is 2.33. The van der Waals surface area contributed by atoms with Gasteiger partial charge in [-0.1, -0.05) is 12.1 Å². The van der Waals surface area contributed by atoms with Gasteiger partial charge in [0.1, 0.15) is 6.07 Å². The molecule has 1 saturated heterocycles. The lowest BCUT2D eigenvalue weighted by Gasteiger charge is -2.35. The Morgan fingerprint density at radius 3 is 2.42 bits per heavy atom. The van der Waals surface area contributed by atoms with Crippen molar-refractivity contribution in [3.05, 3.63) is 53.9 Å². The van der Waals surface area contributed by atoms with Crippen LogP contribution in [0.2, 0.25) is 0 Å². The molecular formula is C21H22N4O. The van der Waals surface area contributed by atoms with Crippen molar-refractivity contribution in [2.45, 2.75) is 37.8 Å². The maximum absolute atomic E-state index is 13.1. The van der Waals surface area contributed by atoms with Crippen LogP contribution in [0.25, 0.3) is 11.1 Å². The summed E-state index contributed by atoms with van der Waals surface area (Å²) in [7, 11) is 0. The van der Waals surface area contributed by atoms with Gasteiger partial charge < -0.3 is 10.2 Å². The van der Waals surface area contributed by atoms with Gasteiger partial charge in [-0.25, -0.2) is 0 Å². The number of hydrogen-bond acceptors (Lipinski definition) is 4. The maximum atomic E-state index is 13.1. The number of piperidine rings is 1. The number of rotatable bonds is 4. The quantitative estimate of drug-likeness (QED) is 0.924. The highest BCUT2D eigenvalue weighted by molar-refractivity contribution is 5.95. The summed E-state index contributed by atoms with van der Waals surface area (Å²) in [4.78, 5) is 19.3. The van der Waals surface area contributed by atoms with Crippen molar-refractivity contribution in [2.75, 3.05) is 13.1 Å². The molecule has 5 nitrogen and oxygen atoms in total. The smallest absolute Gasteiger partial charge is 0.254 e. The molecule has 1 aromatic heterocycles. The first-order chi connectivity index (χ1) is 12.8. The maximum Gasteiger partial charge on any atom is 0.254 e. The first-order valence-corrected chi connectivity index (χ1v) is 9.26. The van der Waals surface area contributed by atoms with Gasteiger partial charge in [0.2, 0.25) is 0 Å². The Bertz CT molecular complexity index is 830. The Balaban J connectivity index is 1.57. The summed E-state index contributed by atoms with van der Waals surface area (Å²) in [5.74, 6) is 0.140. The third-order valence-corrected chi connectivity index (χ3v) is 5.26. The number of nitrogens with zero attached hydrogens (tertiary/aromatic N) is 3. The van der Waals surface area contributed by atoms with E-state index in [1.165, 1.54) is 0 Å². The van der Waals surface area contributed by atoms with Crippen LogP contribution >= 0.6 is 0 Å². The standard InChI is InChI=1S/C21H22N4O/c22-13-17-14-24-12-9-20(17)15-1-3-16(4-2-15)21(26)25(18-5-6-18)19-7-10-23-11-8-19/h1-4,9,12,14,18-19,23H,5-8,10-11H2. The molecule has 0 spiro atoms. The first-order valence-electron chi connectivity index (χ1n) is 9.26. The normalized spacial score (nSPS) is 17.5. The minimum absolute atomic E-state index is 0.140. The fourth-order valence-electron chi connectivity index (χ4n) is 3.74. The van der Waals surface area contributed by atoms with E-state index in [2.05, 4.69) is 21.3 Å². The molecule has 0 bridgehead atoms. The van der Waals surface area contributed by atoms with Gasteiger partial charge in [0.25, 0.3) is 5.91 Å². The monoisotopic (exact) mass is 346 g/mol. The fourth-order valence-corrected chi connectivity index (χ4v) is 3.74. The molecule has 26 heavy (non-hydrogen) atoms. The van der Waals surface area contributed by atoms with Crippen molar-refractivity contribution in [3.8, 4) is 17.2 Å². The van der Waals surface area contributed by atoms with Gasteiger partial charge in [0.15, 0.2) is 0 Å². The van der Waals surface area contributed by atoms with Crippen molar-refractivity contribution in [1.29, 1.82) is 5.26 Å². The molecule has 2 aliphatic rings. The Morgan fingerprint density at radius 1 is 1.08 bits per heavy atom. The highest BCUT2D eigenvalue weighted by atomic mass is 16.2. The van der Waals surface area contributed by atoms with E-state index in [0.717, 1.165) is 55.5 Å². The molecule has 1 aliphatic heterocycles. The van der Waals surface area contributed by atoms with Crippen molar-refractivity contribution >= 4 is 5.91 Å². The molecule has 2 heterocycles. The predicted molar refractivity (Wildman–Crippen MR) is 99.5 cm³/mol. The van der Waals surface area contributed by atoms with Crippen LogP contribution in [0.15, 0.2) is 42.7 Å². The molecule has 1 N–H and O–H groups in total. The predicted octanol–water partition coefficient (Wildman–Crippen LogP) is 2.98. The van der Waals surface area contributed by atoms with E-state index in [-0.39, 0.29) is 5.91 Å². The van der Waals surface area contributed by atoms with Crippen LogP contribution in [0.4, 0.5) is 0 Å². The van der Waals surface area contributed by atoms with Crippen LogP contribution in [0.3, 0.4) is 0 Å². The first kappa shape index (κ1) is 16.7. The number of aromatic nitrogens is 1. The summed E-state index contributed by atoms with van der Waals surface area (Å²) >= 11 is 0. The number of nitrogens with one attached hydrogen (secondary N) is 1. The molecule has 132 valence electrons. The summed E-state index contributed by atoms with van der Waals surface area (Å²) in [6.45, 7) is 1.97. The zero-order valence-electron chi connectivity index (χ0n) is 14.7. The molecule has 1 amide bonds. The van der Waals surface area contributed by atoms with E-state index < -0.39 is 0 Å². The van der Waals surface area contributed by atoms with E-state index in [4.69, 9.17) is 0 Å². The van der Waals surface area contributed by atoms with Gasteiger partial charge in [0, 0.05) is 35.6 Å². The Hall–Kier alpha value is -2.71. The van der Waals surface area contributed by atoms with Gasteiger partial charge >= 0.3 is 0 Å². The second-order valence-electron chi connectivity index (χ2n) is 7.04. The van der Waals surface area contributed by atoms with E-state index in [0.29, 0.717) is 17.6 Å². The number of amides is 1. The molecule has 0 unspecified atom stereocenters. The van der Waals surface area contributed by atoms with Crippen LogP contribution in [0, 0.1) is 11.3 Å². The molecule has 4 rings (SSSR count). The van der Waals surface area contributed by atoms with Crippen LogP contribution in [0.1, 0.15) is 41.6 Å². The van der Waals surface area contributed by atoms with E-state index in [1.54, 1.807) is 12.4 Å². The zero-order valence-corrected chi connectivity index (χ0v) is 14.7. The zero-order chi connectivity index (χ0) is 17.9. The van der Waals surface area contributed by atoms with Gasteiger partial charge in [-0.15, -0.1) is 0 Å². The summed E-state index contributed by atoms with van der Waals surface area (Å²) in [5, 5.41) is 12.6.